The van der Waals surface area contributed by atoms with Crippen LogP contribution >= 0.6 is 27.3 Å². The molecular formula is C16H10BrN3O3S. The Hall–Kier alpha value is -2.45. The molecule has 24 heavy (non-hydrogen) atoms. The average molecular weight is 404 g/mol. The average Bonchev–Trinajstić information content (AvgIpc) is 3.24. The fourth-order valence-corrected chi connectivity index (χ4v) is 3.20. The quantitative estimate of drug-likeness (QED) is 0.716. The highest BCUT2D eigenvalue weighted by molar-refractivity contribution is 9.10. The third-order valence-electron chi connectivity index (χ3n) is 3.37. The van der Waals surface area contributed by atoms with E-state index in [1.54, 1.807) is 18.2 Å². The molecular weight excluding hydrogens is 394 g/mol. The van der Waals surface area contributed by atoms with Gasteiger partial charge in [-0.1, -0.05) is 39.4 Å². The standard InChI is InChI=1S/C16H10BrN3O3S/c17-11-4-1-9(2-5-11)15-19-20-16(24-15)18-14(21)10-3-6-12-13(7-10)23-8-22-12/h1-7H,8H2,(H,18,20,21). The lowest BCUT2D eigenvalue weighted by Crippen LogP contribution is -2.11. The molecule has 0 saturated heterocycles. The largest absolute Gasteiger partial charge is 0.454 e. The van der Waals surface area contributed by atoms with E-state index in [4.69, 9.17) is 9.47 Å². The zero-order valence-corrected chi connectivity index (χ0v) is 14.6. The molecule has 0 unspecified atom stereocenters. The predicted molar refractivity (Wildman–Crippen MR) is 93.6 cm³/mol. The molecule has 1 aliphatic heterocycles. The summed E-state index contributed by atoms with van der Waals surface area (Å²) in [5.41, 5.74) is 1.42. The molecule has 2 aromatic carbocycles. The van der Waals surface area contributed by atoms with Crippen LogP contribution in [0.1, 0.15) is 10.4 Å². The van der Waals surface area contributed by atoms with E-state index >= 15 is 0 Å². The molecule has 3 aromatic rings. The van der Waals surface area contributed by atoms with Crippen molar-refractivity contribution in [1.82, 2.24) is 10.2 Å². The molecule has 1 N–H and O–H groups in total. The van der Waals surface area contributed by atoms with Crippen LogP contribution in [0.2, 0.25) is 0 Å². The summed E-state index contributed by atoms with van der Waals surface area (Å²) in [6.07, 6.45) is 0. The maximum atomic E-state index is 12.3. The number of carbonyl (C=O) groups excluding carboxylic acids is 1. The van der Waals surface area contributed by atoms with Gasteiger partial charge in [0, 0.05) is 15.6 Å². The maximum Gasteiger partial charge on any atom is 0.257 e. The zero-order chi connectivity index (χ0) is 16.5. The van der Waals surface area contributed by atoms with Gasteiger partial charge in [0.15, 0.2) is 11.5 Å². The van der Waals surface area contributed by atoms with Gasteiger partial charge in [0.25, 0.3) is 5.91 Å². The second-order valence-electron chi connectivity index (χ2n) is 4.94. The van der Waals surface area contributed by atoms with Crippen LogP contribution in [0.5, 0.6) is 11.5 Å². The van der Waals surface area contributed by atoms with E-state index in [1.807, 2.05) is 24.3 Å². The highest BCUT2D eigenvalue weighted by Gasteiger charge is 2.17. The fourth-order valence-electron chi connectivity index (χ4n) is 2.19. The topological polar surface area (TPSA) is 73.3 Å². The minimum absolute atomic E-state index is 0.174. The summed E-state index contributed by atoms with van der Waals surface area (Å²) >= 11 is 4.71. The number of anilines is 1. The van der Waals surface area contributed by atoms with Crippen LogP contribution in [0.15, 0.2) is 46.9 Å². The summed E-state index contributed by atoms with van der Waals surface area (Å²) in [4.78, 5) is 12.3. The Morgan fingerprint density at radius 1 is 1.08 bits per heavy atom. The van der Waals surface area contributed by atoms with Gasteiger partial charge in [-0.3, -0.25) is 10.1 Å². The van der Waals surface area contributed by atoms with Crippen LogP contribution < -0.4 is 14.8 Å². The monoisotopic (exact) mass is 403 g/mol. The number of amides is 1. The SMILES string of the molecule is O=C(Nc1nnc(-c2ccc(Br)cc2)s1)c1ccc2c(c1)OCO2. The molecule has 0 atom stereocenters. The summed E-state index contributed by atoms with van der Waals surface area (Å²) in [5.74, 6) is 0.933. The number of carbonyl (C=O) groups is 1. The van der Waals surface area contributed by atoms with Crippen molar-refractivity contribution < 1.29 is 14.3 Å². The minimum Gasteiger partial charge on any atom is -0.454 e. The summed E-state index contributed by atoms with van der Waals surface area (Å²) in [6.45, 7) is 0.174. The van der Waals surface area contributed by atoms with Gasteiger partial charge in [-0.15, -0.1) is 10.2 Å². The van der Waals surface area contributed by atoms with Crippen molar-refractivity contribution in [3.05, 3.63) is 52.5 Å². The van der Waals surface area contributed by atoms with Gasteiger partial charge >= 0.3 is 0 Å². The first-order valence-corrected chi connectivity index (χ1v) is 8.60. The number of fused-ring (bicyclic) bond motifs is 1. The Labute approximate surface area is 149 Å². The van der Waals surface area contributed by atoms with E-state index in [9.17, 15) is 4.79 Å². The summed E-state index contributed by atoms with van der Waals surface area (Å²) in [6, 6.07) is 12.8. The van der Waals surface area contributed by atoms with E-state index < -0.39 is 0 Å². The molecule has 0 bridgehead atoms. The van der Waals surface area contributed by atoms with Crippen LogP contribution in [0.25, 0.3) is 10.6 Å². The van der Waals surface area contributed by atoms with Gasteiger partial charge in [-0.2, -0.15) is 0 Å². The highest BCUT2D eigenvalue weighted by atomic mass is 79.9. The Morgan fingerprint density at radius 3 is 2.71 bits per heavy atom. The second kappa shape index (κ2) is 6.21. The van der Waals surface area contributed by atoms with Crippen molar-refractivity contribution >= 4 is 38.3 Å². The lowest BCUT2D eigenvalue weighted by Gasteiger charge is -2.02. The van der Waals surface area contributed by atoms with Gasteiger partial charge in [-0.05, 0) is 30.3 Å². The van der Waals surface area contributed by atoms with Gasteiger partial charge in [-0.25, -0.2) is 0 Å². The number of ether oxygens (including phenoxy) is 2. The number of benzene rings is 2. The normalized spacial score (nSPS) is 12.2. The van der Waals surface area contributed by atoms with E-state index in [0.29, 0.717) is 22.2 Å². The van der Waals surface area contributed by atoms with E-state index in [0.717, 1.165) is 15.0 Å². The highest BCUT2D eigenvalue weighted by Crippen LogP contribution is 2.33. The third kappa shape index (κ3) is 2.98. The molecule has 6 nitrogen and oxygen atoms in total. The molecule has 4 rings (SSSR count). The smallest absolute Gasteiger partial charge is 0.257 e. The molecule has 120 valence electrons. The van der Waals surface area contributed by atoms with Crippen LogP contribution in [-0.2, 0) is 0 Å². The van der Waals surface area contributed by atoms with Gasteiger partial charge in [0.05, 0.1) is 0 Å². The van der Waals surface area contributed by atoms with Crippen LogP contribution in [-0.4, -0.2) is 22.9 Å². The molecule has 0 saturated carbocycles. The third-order valence-corrected chi connectivity index (χ3v) is 4.79. The van der Waals surface area contributed by atoms with Crippen molar-refractivity contribution in [2.75, 3.05) is 12.1 Å². The van der Waals surface area contributed by atoms with Crippen molar-refractivity contribution in [2.45, 2.75) is 0 Å². The molecule has 8 heteroatoms. The molecule has 0 radical (unpaired) electrons. The van der Waals surface area contributed by atoms with Crippen molar-refractivity contribution in [3.63, 3.8) is 0 Å². The Bertz CT molecular complexity index is 911. The fraction of sp³-hybridized carbons (Fsp3) is 0.0625. The summed E-state index contributed by atoms with van der Waals surface area (Å²) in [5, 5.41) is 12.1. The van der Waals surface area contributed by atoms with E-state index in [2.05, 4.69) is 31.4 Å². The van der Waals surface area contributed by atoms with Gasteiger partial charge in [0.2, 0.25) is 11.9 Å². The lowest BCUT2D eigenvalue weighted by molar-refractivity contribution is 0.102. The number of halogens is 1. The Balaban J connectivity index is 1.51. The van der Waals surface area contributed by atoms with E-state index in [-0.39, 0.29) is 12.7 Å². The molecule has 0 fully saturated rings. The number of hydrogen-bond acceptors (Lipinski definition) is 6. The molecule has 0 spiro atoms. The van der Waals surface area contributed by atoms with Crippen LogP contribution in [0, 0.1) is 0 Å². The number of aromatic nitrogens is 2. The minimum atomic E-state index is -0.271. The van der Waals surface area contributed by atoms with Crippen LogP contribution in [0.3, 0.4) is 0 Å². The summed E-state index contributed by atoms with van der Waals surface area (Å²) in [7, 11) is 0. The van der Waals surface area contributed by atoms with Gasteiger partial charge in [0.1, 0.15) is 5.01 Å². The molecule has 1 amide bonds. The first-order valence-electron chi connectivity index (χ1n) is 6.99. The molecule has 1 aromatic heterocycles. The first-order chi connectivity index (χ1) is 11.7. The van der Waals surface area contributed by atoms with Gasteiger partial charge < -0.3 is 9.47 Å². The number of nitrogens with one attached hydrogen (secondary N) is 1. The Kier molecular flexibility index (Phi) is 3.91. The van der Waals surface area contributed by atoms with Crippen molar-refractivity contribution in [3.8, 4) is 22.1 Å². The molecule has 2 heterocycles. The molecule has 1 aliphatic rings. The lowest BCUT2D eigenvalue weighted by atomic mass is 10.2. The predicted octanol–water partition coefficient (Wildman–Crippen LogP) is 3.95. The zero-order valence-electron chi connectivity index (χ0n) is 12.2. The first kappa shape index (κ1) is 15.1. The maximum absolute atomic E-state index is 12.3. The Morgan fingerprint density at radius 2 is 1.88 bits per heavy atom. The van der Waals surface area contributed by atoms with Crippen molar-refractivity contribution in [1.29, 1.82) is 0 Å². The molecule has 0 aliphatic carbocycles. The number of hydrogen-bond donors (Lipinski definition) is 1. The number of nitrogens with zero attached hydrogens (tertiary/aromatic N) is 2. The number of rotatable bonds is 3. The van der Waals surface area contributed by atoms with Crippen molar-refractivity contribution in [2.24, 2.45) is 0 Å². The summed E-state index contributed by atoms with van der Waals surface area (Å²) < 4.78 is 11.5. The second-order valence-corrected chi connectivity index (χ2v) is 6.83. The van der Waals surface area contributed by atoms with Crippen LogP contribution in [0.4, 0.5) is 5.13 Å². The van der Waals surface area contributed by atoms with E-state index in [1.165, 1.54) is 11.3 Å².